The topological polar surface area (TPSA) is 55.8 Å². The number of ketones is 1. The van der Waals surface area contributed by atoms with Crippen molar-refractivity contribution in [1.29, 1.82) is 0 Å². The van der Waals surface area contributed by atoms with Crippen molar-refractivity contribution < 1.29 is 18.8 Å². The standard InChI is InChI=1S/C12H24O4Si/c1-6-12(14)17(5,15-7-2)16-9-8-11(13)10(3)4/h12,14H,3,6-9H2,1-2,4-5H3. The zero-order valence-corrected chi connectivity index (χ0v) is 12.3. The van der Waals surface area contributed by atoms with Crippen LogP contribution in [0.1, 0.15) is 33.6 Å². The molecule has 0 saturated heterocycles. The van der Waals surface area contributed by atoms with Gasteiger partial charge in [-0.25, -0.2) is 0 Å². The summed E-state index contributed by atoms with van der Waals surface area (Å²) in [6.07, 6.45) is 0.887. The molecule has 0 aromatic heterocycles. The van der Waals surface area contributed by atoms with Crippen molar-refractivity contribution in [2.24, 2.45) is 0 Å². The Morgan fingerprint density at radius 3 is 2.41 bits per heavy atom. The summed E-state index contributed by atoms with van der Waals surface area (Å²) in [4.78, 5) is 11.4. The molecule has 4 nitrogen and oxygen atoms in total. The first kappa shape index (κ1) is 16.5. The fourth-order valence-electron chi connectivity index (χ4n) is 1.45. The second-order valence-corrected chi connectivity index (χ2v) is 7.45. The highest BCUT2D eigenvalue weighted by Gasteiger charge is 2.39. The van der Waals surface area contributed by atoms with Gasteiger partial charge in [0, 0.05) is 19.6 Å². The second-order valence-electron chi connectivity index (χ2n) is 4.17. The molecule has 0 aliphatic carbocycles. The summed E-state index contributed by atoms with van der Waals surface area (Å²) in [7, 11) is -2.58. The predicted molar refractivity (Wildman–Crippen MR) is 69.9 cm³/mol. The lowest BCUT2D eigenvalue weighted by molar-refractivity contribution is -0.116. The molecule has 17 heavy (non-hydrogen) atoms. The van der Waals surface area contributed by atoms with Crippen molar-refractivity contribution in [3.05, 3.63) is 12.2 Å². The molecule has 0 aromatic rings. The fraction of sp³-hybridized carbons (Fsp3) is 0.750. The molecule has 0 bridgehead atoms. The molecule has 0 heterocycles. The zero-order valence-electron chi connectivity index (χ0n) is 11.3. The van der Waals surface area contributed by atoms with Crippen molar-refractivity contribution in [3.8, 4) is 0 Å². The van der Waals surface area contributed by atoms with Gasteiger partial charge in [0.2, 0.25) is 0 Å². The third kappa shape index (κ3) is 5.58. The zero-order chi connectivity index (χ0) is 13.5. The summed E-state index contributed by atoms with van der Waals surface area (Å²) in [6, 6.07) is 0. The van der Waals surface area contributed by atoms with E-state index in [0.29, 0.717) is 25.0 Å². The fourth-order valence-corrected chi connectivity index (χ4v) is 3.74. The normalized spacial score (nSPS) is 16.3. The molecule has 0 radical (unpaired) electrons. The minimum Gasteiger partial charge on any atom is -0.393 e. The van der Waals surface area contributed by atoms with Crippen LogP contribution in [0.3, 0.4) is 0 Å². The number of hydrogen-bond acceptors (Lipinski definition) is 4. The molecule has 0 saturated carbocycles. The van der Waals surface area contributed by atoms with Crippen molar-refractivity contribution in [2.75, 3.05) is 13.2 Å². The van der Waals surface area contributed by atoms with Crippen LogP contribution in [0.4, 0.5) is 0 Å². The summed E-state index contributed by atoms with van der Waals surface area (Å²) in [5.74, 6) is -0.0103. The Morgan fingerprint density at radius 1 is 1.41 bits per heavy atom. The minimum absolute atomic E-state index is 0.0103. The smallest absolute Gasteiger partial charge is 0.364 e. The molecule has 2 atom stereocenters. The van der Waals surface area contributed by atoms with Gasteiger partial charge in [0.25, 0.3) is 0 Å². The first-order valence-electron chi connectivity index (χ1n) is 6.02. The van der Waals surface area contributed by atoms with E-state index < -0.39 is 14.3 Å². The number of carbonyl (C=O) groups excluding carboxylic acids is 1. The van der Waals surface area contributed by atoms with Crippen LogP contribution in [0.5, 0.6) is 0 Å². The maximum atomic E-state index is 11.4. The Labute approximate surface area is 105 Å². The second kappa shape index (κ2) is 7.76. The molecular formula is C12H24O4Si. The van der Waals surface area contributed by atoms with Gasteiger partial charge >= 0.3 is 8.56 Å². The van der Waals surface area contributed by atoms with Crippen molar-refractivity contribution >= 4 is 14.3 Å². The quantitative estimate of drug-likeness (QED) is 0.508. The lowest BCUT2D eigenvalue weighted by atomic mass is 10.2. The monoisotopic (exact) mass is 260 g/mol. The molecular weight excluding hydrogens is 236 g/mol. The molecule has 0 aliphatic rings. The van der Waals surface area contributed by atoms with Gasteiger partial charge in [-0.1, -0.05) is 13.5 Å². The van der Waals surface area contributed by atoms with E-state index in [1.54, 1.807) is 6.92 Å². The van der Waals surface area contributed by atoms with Gasteiger partial charge in [-0.2, -0.15) is 0 Å². The Morgan fingerprint density at radius 2 is 2.00 bits per heavy atom. The van der Waals surface area contributed by atoms with Crippen LogP contribution < -0.4 is 0 Å². The molecule has 100 valence electrons. The van der Waals surface area contributed by atoms with Gasteiger partial charge in [0.15, 0.2) is 5.78 Å². The molecule has 5 heteroatoms. The molecule has 0 fully saturated rings. The first-order valence-corrected chi connectivity index (χ1v) is 8.41. The van der Waals surface area contributed by atoms with Gasteiger partial charge in [-0.05, 0) is 32.4 Å². The van der Waals surface area contributed by atoms with Gasteiger partial charge in [-0.3, -0.25) is 4.79 Å². The first-order chi connectivity index (χ1) is 7.87. The molecule has 0 amide bonds. The van der Waals surface area contributed by atoms with Crippen LogP contribution in [0.15, 0.2) is 12.2 Å². The molecule has 0 aliphatic heterocycles. The lowest BCUT2D eigenvalue weighted by Crippen LogP contribution is -2.51. The van der Waals surface area contributed by atoms with Crippen LogP contribution in [-0.2, 0) is 13.6 Å². The third-order valence-corrected chi connectivity index (χ3v) is 5.87. The molecule has 0 rings (SSSR count). The number of allylic oxidation sites excluding steroid dienone is 1. The van der Waals surface area contributed by atoms with Gasteiger partial charge in [-0.15, -0.1) is 0 Å². The average Bonchev–Trinajstić information content (AvgIpc) is 2.27. The molecule has 1 N–H and O–H groups in total. The highest BCUT2D eigenvalue weighted by atomic mass is 28.4. The molecule has 2 unspecified atom stereocenters. The summed E-state index contributed by atoms with van der Waals surface area (Å²) in [6.45, 7) is 11.6. The number of aliphatic hydroxyl groups is 1. The van der Waals surface area contributed by atoms with Crippen LogP contribution in [0.2, 0.25) is 6.55 Å². The van der Waals surface area contributed by atoms with Crippen molar-refractivity contribution in [2.45, 2.75) is 45.9 Å². The lowest BCUT2D eigenvalue weighted by Gasteiger charge is -2.30. The van der Waals surface area contributed by atoms with E-state index in [1.807, 2.05) is 20.4 Å². The largest absolute Gasteiger partial charge is 0.393 e. The van der Waals surface area contributed by atoms with E-state index in [1.165, 1.54) is 0 Å². The highest BCUT2D eigenvalue weighted by molar-refractivity contribution is 6.67. The number of aliphatic hydroxyl groups excluding tert-OH is 1. The molecule has 0 aromatic carbocycles. The Kier molecular flexibility index (Phi) is 7.54. The summed E-state index contributed by atoms with van der Waals surface area (Å²) in [5, 5.41) is 9.89. The number of carbonyl (C=O) groups is 1. The van der Waals surface area contributed by atoms with E-state index in [9.17, 15) is 9.90 Å². The average molecular weight is 260 g/mol. The minimum atomic E-state index is -2.58. The molecule has 0 spiro atoms. The van der Waals surface area contributed by atoms with E-state index in [2.05, 4.69) is 6.58 Å². The maximum Gasteiger partial charge on any atom is 0.364 e. The van der Waals surface area contributed by atoms with Crippen molar-refractivity contribution in [3.63, 3.8) is 0 Å². The summed E-state index contributed by atoms with van der Waals surface area (Å²) in [5.41, 5.74) is -0.0354. The number of Topliss-reactive ketones (excluding diaryl/α,β-unsaturated/α-hetero) is 1. The van der Waals surface area contributed by atoms with Gasteiger partial charge < -0.3 is 14.0 Å². The van der Waals surface area contributed by atoms with E-state index in [0.717, 1.165) is 0 Å². The Hall–Kier alpha value is -0.493. The highest BCUT2D eigenvalue weighted by Crippen LogP contribution is 2.16. The van der Waals surface area contributed by atoms with E-state index >= 15 is 0 Å². The maximum absolute atomic E-state index is 11.4. The predicted octanol–water partition coefficient (Wildman–Crippen LogP) is 1.96. The SMILES string of the molecule is C=C(C)C(=O)CCO[Si](C)(OCC)C(O)CC. The van der Waals surface area contributed by atoms with Gasteiger partial charge in [0.1, 0.15) is 0 Å². The number of rotatable bonds is 9. The van der Waals surface area contributed by atoms with Crippen LogP contribution in [0.25, 0.3) is 0 Å². The van der Waals surface area contributed by atoms with Crippen LogP contribution >= 0.6 is 0 Å². The van der Waals surface area contributed by atoms with Crippen molar-refractivity contribution in [1.82, 2.24) is 0 Å². The van der Waals surface area contributed by atoms with E-state index in [-0.39, 0.29) is 12.4 Å². The summed E-state index contributed by atoms with van der Waals surface area (Å²) < 4.78 is 11.2. The van der Waals surface area contributed by atoms with Crippen LogP contribution in [0, 0.1) is 0 Å². The van der Waals surface area contributed by atoms with E-state index in [4.69, 9.17) is 8.85 Å². The Bertz CT molecular complexity index is 267. The number of hydrogen-bond donors (Lipinski definition) is 1. The summed E-state index contributed by atoms with van der Waals surface area (Å²) >= 11 is 0. The Balaban J connectivity index is 4.27. The van der Waals surface area contributed by atoms with Crippen LogP contribution in [-0.4, -0.2) is 38.4 Å². The van der Waals surface area contributed by atoms with Gasteiger partial charge in [0.05, 0.1) is 5.73 Å². The third-order valence-electron chi connectivity index (χ3n) is 2.62.